The van der Waals surface area contributed by atoms with Crippen molar-refractivity contribution in [2.75, 3.05) is 5.73 Å². The Kier molecular flexibility index (Phi) is 2.48. The van der Waals surface area contributed by atoms with Gasteiger partial charge in [0.05, 0.1) is 0 Å². The molecule has 0 spiro atoms. The summed E-state index contributed by atoms with van der Waals surface area (Å²) in [4.78, 5) is 4.09. The monoisotopic (exact) mass is 218 g/mol. The first-order valence-corrected chi connectivity index (χ1v) is 6.10. The summed E-state index contributed by atoms with van der Waals surface area (Å²) < 4.78 is 0. The van der Waals surface area contributed by atoms with E-state index in [1.54, 1.807) is 0 Å². The molecule has 1 heterocycles. The van der Waals surface area contributed by atoms with E-state index in [0.717, 1.165) is 5.92 Å². The molecule has 2 N–H and O–H groups in total. The summed E-state index contributed by atoms with van der Waals surface area (Å²) in [5.74, 6) is 1.39. The SMILES string of the molecule is CC1CCC(C)(c2ccnc(N)c2)C1(C)C. The third-order valence-electron chi connectivity index (χ3n) is 5.15. The lowest BCUT2D eigenvalue weighted by Crippen LogP contribution is -2.37. The molecule has 2 rings (SSSR count). The standard InChI is InChI=1S/C14H22N2/c1-10-5-7-14(4,13(10,2)3)11-6-8-16-12(15)9-11/h6,8-10H,5,7H2,1-4H3,(H2,15,16). The van der Waals surface area contributed by atoms with Gasteiger partial charge in [-0.1, -0.05) is 27.7 Å². The Morgan fingerprint density at radius 3 is 2.56 bits per heavy atom. The molecule has 2 heteroatoms. The van der Waals surface area contributed by atoms with Crippen LogP contribution in [0.2, 0.25) is 0 Å². The summed E-state index contributed by atoms with van der Waals surface area (Å²) in [6.07, 6.45) is 4.37. The Bertz CT molecular complexity index is 397. The number of nitrogens with zero attached hydrogens (tertiary/aromatic N) is 1. The van der Waals surface area contributed by atoms with E-state index in [1.165, 1.54) is 18.4 Å². The summed E-state index contributed by atoms with van der Waals surface area (Å²) in [6, 6.07) is 4.16. The summed E-state index contributed by atoms with van der Waals surface area (Å²) in [5, 5.41) is 0. The zero-order valence-corrected chi connectivity index (χ0v) is 10.7. The molecule has 1 aromatic heterocycles. The van der Waals surface area contributed by atoms with Gasteiger partial charge in [0.25, 0.3) is 0 Å². The molecule has 88 valence electrons. The van der Waals surface area contributed by atoms with Crippen molar-refractivity contribution in [3.63, 3.8) is 0 Å². The van der Waals surface area contributed by atoms with Crippen molar-refractivity contribution >= 4 is 5.82 Å². The van der Waals surface area contributed by atoms with Gasteiger partial charge in [0.2, 0.25) is 0 Å². The highest BCUT2D eigenvalue weighted by atomic mass is 14.8. The highest BCUT2D eigenvalue weighted by Gasteiger charge is 2.50. The minimum atomic E-state index is 0.226. The van der Waals surface area contributed by atoms with Crippen molar-refractivity contribution in [3.8, 4) is 0 Å². The van der Waals surface area contributed by atoms with Gasteiger partial charge in [0.1, 0.15) is 5.82 Å². The van der Waals surface area contributed by atoms with Crippen molar-refractivity contribution in [3.05, 3.63) is 23.9 Å². The van der Waals surface area contributed by atoms with Crippen molar-refractivity contribution < 1.29 is 0 Å². The van der Waals surface area contributed by atoms with Crippen molar-refractivity contribution in [2.24, 2.45) is 11.3 Å². The van der Waals surface area contributed by atoms with Crippen LogP contribution in [0.3, 0.4) is 0 Å². The highest BCUT2D eigenvalue weighted by Crippen LogP contribution is 2.56. The smallest absolute Gasteiger partial charge is 0.123 e. The van der Waals surface area contributed by atoms with Crippen molar-refractivity contribution in [1.82, 2.24) is 4.98 Å². The normalized spacial score (nSPS) is 32.9. The van der Waals surface area contributed by atoms with Crippen LogP contribution in [0.1, 0.15) is 46.1 Å². The van der Waals surface area contributed by atoms with Gasteiger partial charge in [0.15, 0.2) is 0 Å². The fourth-order valence-corrected chi connectivity index (χ4v) is 3.04. The molecule has 1 aliphatic rings. The maximum Gasteiger partial charge on any atom is 0.123 e. The largest absolute Gasteiger partial charge is 0.384 e. The van der Waals surface area contributed by atoms with E-state index in [2.05, 4.69) is 38.7 Å². The lowest BCUT2D eigenvalue weighted by atomic mass is 9.63. The fourth-order valence-electron chi connectivity index (χ4n) is 3.04. The summed E-state index contributed by atoms with van der Waals surface area (Å²) in [5.41, 5.74) is 7.69. The third-order valence-corrected chi connectivity index (χ3v) is 5.15. The lowest BCUT2D eigenvalue weighted by Gasteiger charge is -2.41. The van der Waals surface area contributed by atoms with Crippen LogP contribution in [0.15, 0.2) is 18.3 Å². The molecule has 1 aliphatic carbocycles. The van der Waals surface area contributed by atoms with Gasteiger partial charge in [0, 0.05) is 6.20 Å². The number of hydrogen-bond acceptors (Lipinski definition) is 2. The lowest BCUT2D eigenvalue weighted by molar-refractivity contribution is 0.171. The van der Waals surface area contributed by atoms with Gasteiger partial charge in [-0.3, -0.25) is 0 Å². The van der Waals surface area contributed by atoms with Gasteiger partial charge in [-0.2, -0.15) is 0 Å². The predicted molar refractivity (Wildman–Crippen MR) is 68.2 cm³/mol. The first-order chi connectivity index (χ1) is 7.38. The first kappa shape index (κ1) is 11.4. The Morgan fingerprint density at radius 2 is 2.06 bits per heavy atom. The minimum Gasteiger partial charge on any atom is -0.384 e. The molecule has 2 unspecified atom stereocenters. The molecular formula is C14H22N2. The Labute approximate surface area is 98.3 Å². The van der Waals surface area contributed by atoms with Gasteiger partial charge >= 0.3 is 0 Å². The van der Waals surface area contributed by atoms with Crippen LogP contribution in [0, 0.1) is 11.3 Å². The number of hydrogen-bond donors (Lipinski definition) is 1. The van der Waals surface area contributed by atoms with Crippen LogP contribution < -0.4 is 5.73 Å². The van der Waals surface area contributed by atoms with Gasteiger partial charge in [-0.05, 0) is 47.3 Å². The molecule has 0 aliphatic heterocycles. The molecule has 16 heavy (non-hydrogen) atoms. The van der Waals surface area contributed by atoms with Gasteiger partial charge < -0.3 is 5.73 Å². The average molecular weight is 218 g/mol. The van der Waals surface area contributed by atoms with Gasteiger partial charge in [-0.15, -0.1) is 0 Å². The van der Waals surface area contributed by atoms with E-state index in [0.29, 0.717) is 11.2 Å². The molecule has 1 aromatic rings. The molecule has 0 radical (unpaired) electrons. The van der Waals surface area contributed by atoms with Crippen LogP contribution in [0.4, 0.5) is 5.82 Å². The molecule has 1 fully saturated rings. The highest BCUT2D eigenvalue weighted by molar-refractivity contribution is 5.38. The number of aromatic nitrogens is 1. The second-order valence-electron chi connectivity index (χ2n) is 5.96. The molecular weight excluding hydrogens is 196 g/mol. The molecule has 0 saturated heterocycles. The van der Waals surface area contributed by atoms with E-state index < -0.39 is 0 Å². The molecule has 0 amide bonds. The van der Waals surface area contributed by atoms with E-state index in [9.17, 15) is 0 Å². The number of nitrogens with two attached hydrogens (primary N) is 1. The number of rotatable bonds is 1. The second kappa shape index (κ2) is 3.47. The van der Waals surface area contributed by atoms with E-state index >= 15 is 0 Å². The Balaban J connectivity index is 2.47. The van der Waals surface area contributed by atoms with Crippen LogP contribution in [0.25, 0.3) is 0 Å². The van der Waals surface area contributed by atoms with E-state index in [1.807, 2.05) is 12.3 Å². The van der Waals surface area contributed by atoms with Gasteiger partial charge in [-0.25, -0.2) is 4.98 Å². The van der Waals surface area contributed by atoms with Crippen LogP contribution in [-0.4, -0.2) is 4.98 Å². The molecule has 1 saturated carbocycles. The van der Waals surface area contributed by atoms with E-state index in [-0.39, 0.29) is 5.41 Å². The van der Waals surface area contributed by atoms with Crippen LogP contribution >= 0.6 is 0 Å². The quantitative estimate of drug-likeness (QED) is 0.785. The number of pyridine rings is 1. The van der Waals surface area contributed by atoms with Crippen LogP contribution in [0.5, 0.6) is 0 Å². The first-order valence-electron chi connectivity index (χ1n) is 6.10. The fraction of sp³-hybridized carbons (Fsp3) is 0.643. The van der Waals surface area contributed by atoms with E-state index in [4.69, 9.17) is 5.73 Å². The zero-order chi connectivity index (χ0) is 12.0. The second-order valence-corrected chi connectivity index (χ2v) is 5.96. The molecule has 2 atom stereocenters. The maximum absolute atomic E-state index is 5.80. The zero-order valence-electron chi connectivity index (χ0n) is 10.7. The molecule has 0 aromatic carbocycles. The Morgan fingerprint density at radius 1 is 1.38 bits per heavy atom. The molecule has 0 bridgehead atoms. The predicted octanol–water partition coefficient (Wildman–Crippen LogP) is 3.38. The average Bonchev–Trinajstić information content (AvgIpc) is 2.43. The van der Waals surface area contributed by atoms with Crippen LogP contribution in [-0.2, 0) is 5.41 Å². The summed E-state index contributed by atoms with van der Waals surface area (Å²) in [7, 11) is 0. The summed E-state index contributed by atoms with van der Waals surface area (Å²) >= 11 is 0. The summed E-state index contributed by atoms with van der Waals surface area (Å²) in [6.45, 7) is 9.48. The maximum atomic E-state index is 5.80. The van der Waals surface area contributed by atoms with Crippen molar-refractivity contribution in [2.45, 2.75) is 46.0 Å². The number of nitrogen functional groups attached to an aromatic ring is 1. The molecule has 2 nitrogen and oxygen atoms in total. The minimum absolute atomic E-state index is 0.226. The third kappa shape index (κ3) is 1.43. The Hall–Kier alpha value is -1.05. The van der Waals surface area contributed by atoms with Crippen molar-refractivity contribution in [1.29, 1.82) is 0 Å². The topological polar surface area (TPSA) is 38.9 Å². The number of anilines is 1.